The van der Waals surface area contributed by atoms with Gasteiger partial charge in [0.25, 0.3) is 5.91 Å². The van der Waals surface area contributed by atoms with Gasteiger partial charge in [-0.25, -0.2) is 9.67 Å². The molecule has 0 spiro atoms. The van der Waals surface area contributed by atoms with Gasteiger partial charge in [0.05, 0.1) is 28.8 Å². The van der Waals surface area contributed by atoms with Gasteiger partial charge in [0.15, 0.2) is 5.13 Å². The van der Waals surface area contributed by atoms with Gasteiger partial charge in [-0.1, -0.05) is 24.6 Å². The number of thiazole rings is 1. The fourth-order valence-corrected chi connectivity index (χ4v) is 5.16. The maximum absolute atomic E-state index is 13.1. The predicted octanol–water partition coefficient (Wildman–Crippen LogP) is 4.80. The van der Waals surface area contributed by atoms with Crippen molar-refractivity contribution in [2.24, 2.45) is 0 Å². The van der Waals surface area contributed by atoms with Crippen LogP contribution in [-0.4, -0.2) is 38.7 Å². The molecular formula is C22H24ClN5OS. The first-order valence-corrected chi connectivity index (χ1v) is 11.6. The Morgan fingerprint density at radius 2 is 2.20 bits per heavy atom. The minimum absolute atomic E-state index is 0.139. The first kappa shape index (κ1) is 19.7. The molecule has 1 aromatic carbocycles. The van der Waals surface area contributed by atoms with Crippen molar-refractivity contribution in [2.75, 3.05) is 18.4 Å². The Bertz CT molecular complexity index is 1120. The minimum Gasteiger partial charge on any atom is -0.298 e. The van der Waals surface area contributed by atoms with Crippen LogP contribution in [-0.2, 0) is 13.0 Å². The van der Waals surface area contributed by atoms with Gasteiger partial charge in [-0.3, -0.25) is 15.0 Å². The number of aryl methyl sites for hydroxylation is 1. The molecule has 30 heavy (non-hydrogen) atoms. The summed E-state index contributed by atoms with van der Waals surface area (Å²) in [5.74, 6) is 0.218. The second-order valence-corrected chi connectivity index (χ2v) is 9.52. The second-order valence-electron chi connectivity index (χ2n) is 8.02. The smallest absolute Gasteiger partial charge is 0.260 e. The lowest BCUT2D eigenvalue weighted by Gasteiger charge is -2.23. The molecule has 0 bridgehead atoms. The first-order chi connectivity index (χ1) is 14.5. The van der Waals surface area contributed by atoms with E-state index in [2.05, 4.69) is 27.2 Å². The summed E-state index contributed by atoms with van der Waals surface area (Å²) in [6, 6.07) is 5.89. The van der Waals surface area contributed by atoms with E-state index in [1.165, 1.54) is 4.88 Å². The fraction of sp³-hybridized carbons (Fsp3) is 0.409. The number of rotatable bonds is 5. The summed E-state index contributed by atoms with van der Waals surface area (Å²) in [6.07, 6.45) is 4.76. The zero-order chi connectivity index (χ0) is 20.8. The number of hydrogen-bond donors (Lipinski definition) is 1. The Kier molecular flexibility index (Phi) is 5.13. The zero-order valence-electron chi connectivity index (χ0n) is 17.1. The summed E-state index contributed by atoms with van der Waals surface area (Å²) in [6.45, 7) is 7.12. The lowest BCUT2D eigenvalue weighted by atomic mass is 10.1. The number of carbonyl (C=O) groups is 1. The third-order valence-corrected chi connectivity index (χ3v) is 7.30. The monoisotopic (exact) mass is 441 g/mol. The quantitative estimate of drug-likeness (QED) is 0.617. The molecule has 1 aliphatic carbocycles. The van der Waals surface area contributed by atoms with Crippen molar-refractivity contribution in [2.45, 2.75) is 45.6 Å². The molecular weight excluding hydrogens is 418 g/mol. The summed E-state index contributed by atoms with van der Waals surface area (Å²) >= 11 is 7.91. The maximum atomic E-state index is 13.1. The Morgan fingerprint density at radius 3 is 2.93 bits per heavy atom. The van der Waals surface area contributed by atoms with E-state index in [0.29, 0.717) is 21.6 Å². The lowest BCUT2D eigenvalue weighted by molar-refractivity contribution is 0.102. The number of nitrogens with zero attached hydrogens (tertiary/aromatic N) is 4. The van der Waals surface area contributed by atoms with E-state index < -0.39 is 0 Å². The van der Waals surface area contributed by atoms with Crippen LogP contribution < -0.4 is 5.32 Å². The van der Waals surface area contributed by atoms with Gasteiger partial charge in [-0.2, -0.15) is 5.10 Å². The molecule has 3 heterocycles. The topological polar surface area (TPSA) is 63.1 Å². The molecule has 0 atom stereocenters. The van der Waals surface area contributed by atoms with Crippen molar-refractivity contribution < 1.29 is 4.79 Å². The van der Waals surface area contributed by atoms with Crippen LogP contribution >= 0.6 is 22.9 Å². The molecule has 1 saturated carbocycles. The fourth-order valence-electron chi connectivity index (χ4n) is 3.94. The minimum atomic E-state index is -0.139. The molecule has 1 amide bonds. The molecule has 6 nitrogen and oxygen atoms in total. The molecule has 0 unspecified atom stereocenters. The number of amides is 1. The number of fused-ring (bicyclic) bond motifs is 1. The van der Waals surface area contributed by atoms with Crippen LogP contribution in [0.3, 0.4) is 0 Å². The summed E-state index contributed by atoms with van der Waals surface area (Å²) in [5.41, 5.74) is 4.61. The van der Waals surface area contributed by atoms with Crippen LogP contribution in [0.5, 0.6) is 0 Å². The molecule has 0 radical (unpaired) electrons. The number of hydrogen-bond acceptors (Lipinski definition) is 5. The molecule has 5 rings (SSSR count). The molecule has 1 N–H and O–H groups in total. The van der Waals surface area contributed by atoms with E-state index in [-0.39, 0.29) is 5.91 Å². The largest absolute Gasteiger partial charge is 0.298 e. The number of aromatic nitrogens is 3. The van der Waals surface area contributed by atoms with Gasteiger partial charge in [0.2, 0.25) is 0 Å². The van der Waals surface area contributed by atoms with Crippen molar-refractivity contribution in [3.05, 3.63) is 56.8 Å². The van der Waals surface area contributed by atoms with Crippen molar-refractivity contribution in [1.82, 2.24) is 19.7 Å². The van der Waals surface area contributed by atoms with Crippen LogP contribution in [0.1, 0.15) is 57.9 Å². The Morgan fingerprint density at radius 1 is 1.37 bits per heavy atom. The number of carbonyl (C=O) groups excluding carboxylic acids is 1. The highest BCUT2D eigenvalue weighted by Gasteiger charge is 2.33. The highest BCUT2D eigenvalue weighted by atomic mass is 35.5. The standard InChI is InChI=1S/C22H24ClN5OS/c1-3-27-9-8-18-19(12-27)30-22(25-18)26-21(29)16-11-24-28(20(16)14-5-6-14)15-7-4-13(2)17(23)10-15/h4,7,10-11,14H,3,5-6,8-9,12H2,1-2H3,(H,25,26,29). The normalized spacial score (nSPS) is 16.5. The zero-order valence-corrected chi connectivity index (χ0v) is 18.7. The molecule has 3 aromatic rings. The predicted molar refractivity (Wildman–Crippen MR) is 120 cm³/mol. The number of anilines is 1. The highest BCUT2D eigenvalue weighted by molar-refractivity contribution is 7.15. The van der Waals surface area contributed by atoms with E-state index >= 15 is 0 Å². The van der Waals surface area contributed by atoms with Crippen molar-refractivity contribution >= 4 is 34.0 Å². The van der Waals surface area contributed by atoms with Crippen molar-refractivity contribution in [1.29, 1.82) is 0 Å². The van der Waals surface area contributed by atoms with Gasteiger partial charge in [-0.05, 0) is 44.0 Å². The summed E-state index contributed by atoms with van der Waals surface area (Å²) in [5, 5.41) is 8.94. The van der Waals surface area contributed by atoms with Crippen LogP contribution in [0.25, 0.3) is 5.69 Å². The van der Waals surface area contributed by atoms with Gasteiger partial charge in [0, 0.05) is 35.3 Å². The Labute approximate surface area is 184 Å². The van der Waals surface area contributed by atoms with Crippen LogP contribution in [0.15, 0.2) is 24.4 Å². The maximum Gasteiger partial charge on any atom is 0.260 e. The van der Waals surface area contributed by atoms with E-state index in [0.717, 1.165) is 61.5 Å². The summed E-state index contributed by atoms with van der Waals surface area (Å²) in [4.78, 5) is 21.5. The van der Waals surface area contributed by atoms with E-state index in [1.807, 2.05) is 29.8 Å². The van der Waals surface area contributed by atoms with Crippen LogP contribution in [0.2, 0.25) is 5.02 Å². The van der Waals surface area contributed by atoms with Crippen molar-refractivity contribution in [3.63, 3.8) is 0 Å². The van der Waals surface area contributed by atoms with Gasteiger partial charge in [0.1, 0.15) is 0 Å². The molecule has 1 aliphatic heterocycles. The molecule has 1 fully saturated rings. The average Bonchev–Trinajstić information content (AvgIpc) is 3.35. The van der Waals surface area contributed by atoms with Gasteiger partial charge >= 0.3 is 0 Å². The second kappa shape index (κ2) is 7.80. The van der Waals surface area contributed by atoms with Gasteiger partial charge in [-0.15, -0.1) is 11.3 Å². The summed E-state index contributed by atoms with van der Waals surface area (Å²) < 4.78 is 1.86. The van der Waals surface area contributed by atoms with Crippen LogP contribution in [0, 0.1) is 6.92 Å². The molecule has 0 saturated heterocycles. The SMILES string of the molecule is CCN1CCc2nc(NC(=O)c3cnn(-c4ccc(C)c(Cl)c4)c3C3CC3)sc2C1. The number of nitrogens with one attached hydrogen (secondary N) is 1. The molecule has 8 heteroatoms. The van der Waals surface area contributed by atoms with E-state index in [9.17, 15) is 4.79 Å². The summed E-state index contributed by atoms with van der Waals surface area (Å²) in [7, 11) is 0. The van der Waals surface area contributed by atoms with Gasteiger partial charge < -0.3 is 0 Å². The third-order valence-electron chi connectivity index (χ3n) is 5.89. The average molecular weight is 442 g/mol. The molecule has 156 valence electrons. The number of halogens is 1. The Hall–Kier alpha value is -2.22. The van der Waals surface area contributed by atoms with Crippen LogP contribution in [0.4, 0.5) is 5.13 Å². The molecule has 2 aromatic heterocycles. The number of likely N-dealkylation sites (N-methyl/N-ethyl adjacent to an activating group) is 1. The first-order valence-electron chi connectivity index (χ1n) is 10.4. The molecule has 2 aliphatic rings. The van der Waals surface area contributed by atoms with Crippen molar-refractivity contribution in [3.8, 4) is 5.69 Å². The number of benzene rings is 1. The highest BCUT2D eigenvalue weighted by Crippen LogP contribution is 2.43. The van der Waals surface area contributed by atoms with E-state index in [1.54, 1.807) is 17.5 Å². The third kappa shape index (κ3) is 3.66. The lowest BCUT2D eigenvalue weighted by Crippen LogP contribution is -2.29. The van der Waals surface area contributed by atoms with E-state index in [4.69, 9.17) is 11.6 Å². The Balaban J connectivity index is 1.42.